The number of nitrogens with one attached hydrogen (secondary N) is 1. The minimum absolute atomic E-state index is 0.170. The molecule has 2 aromatic carbocycles. The lowest BCUT2D eigenvalue weighted by molar-refractivity contribution is 0.0951. The van der Waals surface area contributed by atoms with Crippen LogP contribution in [0.15, 0.2) is 49.1 Å². The standard InChI is InChI=1S/C20H21ClN4O3/c1-3-28-19-17(21)8-15(9-18(19)27-2)10-23-20(26)16-6-4-14(5-7-16)11-25-13-22-12-24-25/h4-9,12-13H,3,10-11H2,1-2H3,(H,23,26). The van der Waals surface area contributed by atoms with E-state index in [1.807, 2.05) is 19.1 Å². The Morgan fingerprint density at radius 1 is 1.21 bits per heavy atom. The molecule has 0 unspecified atom stereocenters. The molecule has 146 valence electrons. The average molecular weight is 401 g/mol. The van der Waals surface area contributed by atoms with E-state index in [0.29, 0.717) is 41.8 Å². The molecular weight excluding hydrogens is 380 g/mol. The molecule has 0 fully saturated rings. The van der Waals surface area contributed by atoms with Gasteiger partial charge in [-0.15, -0.1) is 0 Å². The summed E-state index contributed by atoms with van der Waals surface area (Å²) in [4.78, 5) is 16.3. The normalized spacial score (nSPS) is 10.5. The number of methoxy groups -OCH3 is 1. The number of hydrogen-bond donors (Lipinski definition) is 1. The van der Waals surface area contributed by atoms with Crippen LogP contribution in [0.4, 0.5) is 0 Å². The van der Waals surface area contributed by atoms with Crippen molar-refractivity contribution in [1.82, 2.24) is 20.1 Å². The van der Waals surface area contributed by atoms with E-state index in [1.165, 1.54) is 6.33 Å². The first kappa shape index (κ1) is 19.7. The van der Waals surface area contributed by atoms with Crippen LogP contribution in [-0.4, -0.2) is 34.4 Å². The highest BCUT2D eigenvalue weighted by atomic mass is 35.5. The molecule has 0 aliphatic rings. The first-order chi connectivity index (χ1) is 13.6. The van der Waals surface area contributed by atoms with Crippen molar-refractivity contribution in [2.24, 2.45) is 0 Å². The summed E-state index contributed by atoms with van der Waals surface area (Å²) in [5, 5.41) is 7.40. The lowest BCUT2D eigenvalue weighted by Gasteiger charge is -2.13. The molecule has 1 amide bonds. The van der Waals surface area contributed by atoms with Gasteiger partial charge in [-0.25, -0.2) is 9.67 Å². The quantitative estimate of drug-likeness (QED) is 0.627. The maximum absolute atomic E-state index is 12.4. The highest BCUT2D eigenvalue weighted by Crippen LogP contribution is 2.36. The van der Waals surface area contributed by atoms with Crippen molar-refractivity contribution in [1.29, 1.82) is 0 Å². The number of rotatable bonds is 8. The van der Waals surface area contributed by atoms with Crippen molar-refractivity contribution in [3.63, 3.8) is 0 Å². The number of halogens is 1. The molecule has 28 heavy (non-hydrogen) atoms. The molecule has 0 aliphatic heterocycles. The maximum Gasteiger partial charge on any atom is 0.251 e. The lowest BCUT2D eigenvalue weighted by Crippen LogP contribution is -2.22. The SMILES string of the molecule is CCOc1c(Cl)cc(CNC(=O)c2ccc(Cn3cncn3)cc2)cc1OC. The number of amides is 1. The molecule has 1 N–H and O–H groups in total. The number of benzene rings is 2. The van der Waals surface area contributed by atoms with E-state index in [-0.39, 0.29) is 5.91 Å². The molecule has 1 aromatic heterocycles. The van der Waals surface area contributed by atoms with Crippen molar-refractivity contribution >= 4 is 17.5 Å². The van der Waals surface area contributed by atoms with Gasteiger partial charge in [0, 0.05) is 12.1 Å². The third kappa shape index (κ3) is 4.80. The summed E-state index contributed by atoms with van der Waals surface area (Å²) in [6.07, 6.45) is 3.14. The highest BCUT2D eigenvalue weighted by molar-refractivity contribution is 6.32. The molecular formula is C20H21ClN4O3. The molecule has 0 aliphatic carbocycles. The van der Waals surface area contributed by atoms with Gasteiger partial charge in [-0.2, -0.15) is 5.10 Å². The van der Waals surface area contributed by atoms with Crippen molar-refractivity contribution < 1.29 is 14.3 Å². The van der Waals surface area contributed by atoms with Gasteiger partial charge in [0.2, 0.25) is 0 Å². The van der Waals surface area contributed by atoms with Gasteiger partial charge in [0.1, 0.15) is 12.7 Å². The summed E-state index contributed by atoms with van der Waals surface area (Å²) in [7, 11) is 1.55. The fraction of sp³-hybridized carbons (Fsp3) is 0.250. The Hall–Kier alpha value is -3.06. The fourth-order valence-corrected chi connectivity index (χ4v) is 2.99. The Labute approximate surface area is 168 Å². The second kappa shape index (κ2) is 9.23. The largest absolute Gasteiger partial charge is 0.493 e. The minimum atomic E-state index is -0.170. The van der Waals surface area contributed by atoms with Crippen molar-refractivity contribution in [2.75, 3.05) is 13.7 Å². The Balaban J connectivity index is 1.63. The third-order valence-corrected chi connectivity index (χ3v) is 4.34. The number of hydrogen-bond acceptors (Lipinski definition) is 5. The van der Waals surface area contributed by atoms with Crippen LogP contribution in [0.2, 0.25) is 5.02 Å². The molecule has 0 saturated heterocycles. The monoisotopic (exact) mass is 400 g/mol. The summed E-state index contributed by atoms with van der Waals surface area (Å²) in [6, 6.07) is 10.9. The number of ether oxygens (including phenoxy) is 2. The van der Waals surface area contributed by atoms with Crippen LogP contribution in [-0.2, 0) is 13.1 Å². The number of carbonyl (C=O) groups excluding carboxylic acids is 1. The molecule has 0 saturated carbocycles. The van der Waals surface area contributed by atoms with E-state index in [0.717, 1.165) is 11.1 Å². The van der Waals surface area contributed by atoms with Crippen LogP contribution in [0.25, 0.3) is 0 Å². The Bertz CT molecular complexity index is 927. The smallest absolute Gasteiger partial charge is 0.251 e. The van der Waals surface area contributed by atoms with Crippen LogP contribution >= 0.6 is 11.6 Å². The van der Waals surface area contributed by atoms with Crippen LogP contribution in [0.3, 0.4) is 0 Å². The zero-order valence-corrected chi connectivity index (χ0v) is 16.4. The van der Waals surface area contributed by atoms with Gasteiger partial charge in [-0.1, -0.05) is 23.7 Å². The zero-order valence-electron chi connectivity index (χ0n) is 15.7. The van der Waals surface area contributed by atoms with Gasteiger partial charge in [0.15, 0.2) is 11.5 Å². The molecule has 8 heteroatoms. The number of nitrogens with zero attached hydrogens (tertiary/aromatic N) is 3. The molecule has 7 nitrogen and oxygen atoms in total. The molecule has 0 atom stereocenters. The van der Waals surface area contributed by atoms with Gasteiger partial charge in [0.25, 0.3) is 5.91 Å². The summed E-state index contributed by atoms with van der Waals surface area (Å²) >= 11 is 6.27. The Kier molecular flexibility index (Phi) is 6.49. The molecule has 3 rings (SSSR count). The van der Waals surface area contributed by atoms with E-state index in [2.05, 4.69) is 15.4 Å². The second-order valence-corrected chi connectivity index (χ2v) is 6.42. The summed E-state index contributed by atoms with van der Waals surface area (Å²) in [5.74, 6) is 0.872. The second-order valence-electron chi connectivity index (χ2n) is 6.01. The first-order valence-electron chi connectivity index (χ1n) is 8.79. The predicted octanol–water partition coefficient (Wildman–Crippen LogP) is 3.32. The summed E-state index contributed by atoms with van der Waals surface area (Å²) in [5.41, 5.74) is 2.43. The van der Waals surface area contributed by atoms with E-state index < -0.39 is 0 Å². The van der Waals surface area contributed by atoms with E-state index in [4.69, 9.17) is 21.1 Å². The molecule has 1 heterocycles. The summed E-state index contributed by atoms with van der Waals surface area (Å²) in [6.45, 7) is 3.29. The van der Waals surface area contributed by atoms with Crippen molar-refractivity contribution in [3.05, 3.63) is 70.8 Å². The molecule has 0 spiro atoms. The van der Waals surface area contributed by atoms with Crippen LogP contribution < -0.4 is 14.8 Å². The Morgan fingerprint density at radius 2 is 2.00 bits per heavy atom. The molecule has 0 bridgehead atoms. The fourth-order valence-electron chi connectivity index (χ4n) is 2.71. The van der Waals surface area contributed by atoms with Gasteiger partial charge in [-0.3, -0.25) is 4.79 Å². The third-order valence-electron chi connectivity index (χ3n) is 4.06. The average Bonchev–Trinajstić information content (AvgIpc) is 3.21. The summed E-state index contributed by atoms with van der Waals surface area (Å²) < 4.78 is 12.6. The lowest BCUT2D eigenvalue weighted by atomic mass is 10.1. The zero-order chi connectivity index (χ0) is 19.9. The van der Waals surface area contributed by atoms with Crippen molar-refractivity contribution in [3.8, 4) is 11.5 Å². The molecule has 0 radical (unpaired) electrons. The van der Waals surface area contributed by atoms with E-state index >= 15 is 0 Å². The van der Waals surface area contributed by atoms with Gasteiger partial charge in [-0.05, 0) is 42.3 Å². The van der Waals surface area contributed by atoms with E-state index in [1.54, 1.807) is 42.4 Å². The van der Waals surface area contributed by atoms with Gasteiger partial charge in [0.05, 0.1) is 25.3 Å². The minimum Gasteiger partial charge on any atom is -0.493 e. The maximum atomic E-state index is 12.4. The van der Waals surface area contributed by atoms with E-state index in [9.17, 15) is 4.79 Å². The number of aromatic nitrogens is 3. The Morgan fingerprint density at radius 3 is 2.64 bits per heavy atom. The van der Waals surface area contributed by atoms with Crippen LogP contribution in [0.1, 0.15) is 28.4 Å². The predicted molar refractivity (Wildman–Crippen MR) is 106 cm³/mol. The van der Waals surface area contributed by atoms with Crippen LogP contribution in [0.5, 0.6) is 11.5 Å². The van der Waals surface area contributed by atoms with Crippen molar-refractivity contribution in [2.45, 2.75) is 20.0 Å². The molecule has 3 aromatic rings. The van der Waals surface area contributed by atoms with Gasteiger partial charge < -0.3 is 14.8 Å². The van der Waals surface area contributed by atoms with Crippen LogP contribution in [0, 0.1) is 0 Å². The topological polar surface area (TPSA) is 78.3 Å². The van der Waals surface area contributed by atoms with Gasteiger partial charge >= 0.3 is 0 Å². The first-order valence-corrected chi connectivity index (χ1v) is 9.17. The number of carbonyl (C=O) groups is 1. The highest BCUT2D eigenvalue weighted by Gasteiger charge is 2.13.